The van der Waals surface area contributed by atoms with Crippen LogP contribution in [0.1, 0.15) is 64.9 Å². The molecule has 0 aliphatic rings. The summed E-state index contributed by atoms with van der Waals surface area (Å²) in [7, 11) is 0. The lowest BCUT2D eigenvalue weighted by atomic mass is 9.13. The van der Waals surface area contributed by atoms with Gasteiger partial charge in [0.25, 0.3) is 0 Å². The topological polar surface area (TPSA) is 0 Å². The molecule has 0 saturated heterocycles. The molecule has 5 aromatic carbocycles. The molecule has 0 aliphatic carbocycles. The summed E-state index contributed by atoms with van der Waals surface area (Å²) in [5.41, 5.74) is 1.94. The minimum Gasteiger partial charge on any atom is -0.320 e. The molecule has 50 heavy (non-hydrogen) atoms. The summed E-state index contributed by atoms with van der Waals surface area (Å²) < 4.78 is 74.3. The fourth-order valence-corrected chi connectivity index (χ4v) is 7.33. The molecule has 5 aromatic rings. The van der Waals surface area contributed by atoms with E-state index >= 15 is 8.78 Å². The van der Waals surface area contributed by atoms with Gasteiger partial charge in [0.05, 0.1) is 19.6 Å². The van der Waals surface area contributed by atoms with Crippen molar-refractivity contribution < 1.29 is 26.4 Å². The van der Waals surface area contributed by atoms with E-state index in [4.69, 9.17) is 0 Å². The highest BCUT2D eigenvalue weighted by Crippen LogP contribution is 2.22. The summed E-state index contributed by atoms with van der Waals surface area (Å²) in [6.45, 7) is 12.2. The summed E-state index contributed by atoms with van der Waals surface area (Å²) in [6, 6.07) is 36.1. The van der Waals surface area contributed by atoms with Crippen molar-refractivity contribution in [1.29, 1.82) is 0 Å². The van der Waals surface area contributed by atoms with E-state index in [1.165, 1.54) is 74.8 Å². The van der Waals surface area contributed by atoms with Crippen LogP contribution >= 0.6 is 0 Å². The van der Waals surface area contributed by atoms with Crippen LogP contribution in [0.15, 0.2) is 121 Å². The Morgan fingerprint density at radius 1 is 0.420 bits per heavy atom. The third-order valence-electron chi connectivity index (χ3n) is 9.89. The van der Waals surface area contributed by atoms with E-state index in [1.54, 1.807) is 91.0 Å². The summed E-state index contributed by atoms with van der Waals surface area (Å²) in [5, 5.41) is 0. The first-order valence-corrected chi connectivity index (χ1v) is 18.0. The van der Waals surface area contributed by atoms with Gasteiger partial charge in [-0.15, -0.1) is 5.46 Å². The van der Waals surface area contributed by atoms with Gasteiger partial charge in [-0.3, -0.25) is 0 Å². The van der Waals surface area contributed by atoms with Crippen LogP contribution in [-0.2, 0) is 6.54 Å². The lowest BCUT2D eigenvalue weighted by Crippen LogP contribution is -2.76. The Kier molecular flexibility index (Phi) is 14.4. The number of nitrogens with zero attached hydrogens (tertiary/aromatic N) is 1. The molecule has 0 spiro atoms. The predicted molar refractivity (Wildman–Crippen MR) is 200 cm³/mol. The fourth-order valence-electron chi connectivity index (χ4n) is 7.33. The number of halogens is 5. The molecule has 0 N–H and O–H groups in total. The third-order valence-corrected chi connectivity index (χ3v) is 9.89. The van der Waals surface area contributed by atoms with E-state index in [9.17, 15) is 13.2 Å². The molecule has 0 bridgehead atoms. The van der Waals surface area contributed by atoms with Crippen molar-refractivity contribution in [2.75, 3.05) is 19.6 Å². The van der Waals surface area contributed by atoms with Crippen molar-refractivity contribution in [3.8, 4) is 0 Å². The lowest BCUT2D eigenvalue weighted by Gasteiger charge is -2.44. The van der Waals surface area contributed by atoms with E-state index in [2.05, 4.69) is 51.1 Å². The van der Waals surface area contributed by atoms with Crippen LogP contribution in [-0.4, -0.2) is 30.3 Å². The van der Waals surface area contributed by atoms with Crippen molar-refractivity contribution in [3.63, 3.8) is 0 Å². The van der Waals surface area contributed by atoms with Gasteiger partial charge in [0.15, 0.2) is 17.5 Å². The van der Waals surface area contributed by atoms with Gasteiger partial charge in [-0.1, -0.05) is 161 Å². The van der Waals surface area contributed by atoms with Crippen molar-refractivity contribution in [1.82, 2.24) is 0 Å². The number of hydrogen-bond acceptors (Lipinski definition) is 0. The van der Waals surface area contributed by atoms with Gasteiger partial charge < -0.3 is 4.48 Å². The molecule has 1 nitrogen and oxygen atoms in total. The lowest BCUT2D eigenvalue weighted by molar-refractivity contribution is -0.941. The quantitative estimate of drug-likeness (QED) is 0.0339. The largest absolute Gasteiger partial charge is 0.320 e. The van der Waals surface area contributed by atoms with Crippen LogP contribution in [0.25, 0.3) is 0 Å². The maximum Gasteiger partial charge on any atom is 0.200 e. The highest BCUT2D eigenvalue weighted by atomic mass is 19.2. The van der Waals surface area contributed by atoms with Gasteiger partial charge in [0.2, 0.25) is 0 Å². The van der Waals surface area contributed by atoms with Gasteiger partial charge in [-0.2, -0.15) is 16.4 Å². The molecule has 0 unspecified atom stereocenters. The molecule has 0 saturated carbocycles. The highest BCUT2D eigenvalue weighted by molar-refractivity contribution is 7.20. The van der Waals surface area contributed by atoms with E-state index < -0.39 is 40.7 Å². The molecule has 0 amide bonds. The molecule has 0 heterocycles. The van der Waals surface area contributed by atoms with Gasteiger partial charge in [-0.25, -0.2) is 22.0 Å². The Morgan fingerprint density at radius 2 is 0.720 bits per heavy atom. The zero-order valence-electron chi connectivity index (χ0n) is 29.5. The van der Waals surface area contributed by atoms with E-state index in [0.717, 1.165) is 0 Å². The molecule has 5 rings (SSSR count). The first-order chi connectivity index (χ1) is 24.3. The number of unbranched alkanes of at least 4 members (excludes halogenated alkanes) is 3. The molecular formula is C43H49BF5N. The van der Waals surface area contributed by atoms with Crippen molar-refractivity contribution in [3.05, 3.63) is 156 Å². The average molecular weight is 686 g/mol. The summed E-state index contributed by atoms with van der Waals surface area (Å²) in [4.78, 5) is 0. The Balaban J connectivity index is 0.000000246. The first kappa shape index (κ1) is 38.6. The molecular weight excluding hydrogens is 636 g/mol. The summed E-state index contributed by atoms with van der Waals surface area (Å²) in [5.74, 6) is -9.76. The minimum atomic E-state index is -2.72. The molecule has 264 valence electrons. The van der Waals surface area contributed by atoms with Crippen molar-refractivity contribution in [2.45, 2.75) is 65.8 Å². The zero-order valence-corrected chi connectivity index (χ0v) is 29.5. The first-order valence-electron chi connectivity index (χ1n) is 18.0. The SMILES string of the molecule is CCCC[N+](CCCC)(CCCC)Cc1ccccc1.Fc1c(F)c(F)c([B-](c2ccccc2)(c2ccccc2)c2ccccc2)c(F)c1F. The number of rotatable bonds is 15. The van der Waals surface area contributed by atoms with Crippen LogP contribution in [0.4, 0.5) is 22.0 Å². The van der Waals surface area contributed by atoms with Crippen LogP contribution in [0.5, 0.6) is 0 Å². The molecule has 0 radical (unpaired) electrons. The minimum absolute atomic E-state index is 0.429. The van der Waals surface area contributed by atoms with Crippen LogP contribution in [0.2, 0.25) is 0 Å². The molecule has 0 fully saturated rings. The van der Waals surface area contributed by atoms with E-state index in [-0.39, 0.29) is 0 Å². The monoisotopic (exact) mass is 685 g/mol. The third kappa shape index (κ3) is 8.73. The van der Waals surface area contributed by atoms with Crippen molar-refractivity contribution >= 4 is 28.0 Å². The molecule has 7 heteroatoms. The normalized spacial score (nSPS) is 11.6. The van der Waals surface area contributed by atoms with Gasteiger partial charge in [0.1, 0.15) is 24.3 Å². The molecule has 0 atom stereocenters. The number of quaternary nitrogens is 1. The highest BCUT2D eigenvalue weighted by Gasteiger charge is 2.39. The fraction of sp³-hybridized carbons (Fsp3) is 0.302. The van der Waals surface area contributed by atoms with E-state index in [1.807, 2.05) is 0 Å². The van der Waals surface area contributed by atoms with Crippen LogP contribution in [0, 0.1) is 29.1 Å². The van der Waals surface area contributed by atoms with Gasteiger partial charge in [0, 0.05) is 5.56 Å². The number of benzene rings is 5. The second-order valence-electron chi connectivity index (χ2n) is 13.3. The Hall–Kier alpha value is -4.23. The summed E-state index contributed by atoms with van der Waals surface area (Å²) >= 11 is 0. The Bertz CT molecular complexity index is 1590. The average Bonchev–Trinajstić information content (AvgIpc) is 3.17. The predicted octanol–water partition coefficient (Wildman–Crippen LogP) is 9.16. The number of hydrogen-bond donors (Lipinski definition) is 0. The maximum absolute atomic E-state index is 15.2. The summed E-state index contributed by atoms with van der Waals surface area (Å²) in [6.07, 6.45) is 5.31. The van der Waals surface area contributed by atoms with Gasteiger partial charge >= 0.3 is 0 Å². The van der Waals surface area contributed by atoms with E-state index in [0.29, 0.717) is 16.4 Å². The second kappa shape index (κ2) is 18.7. The van der Waals surface area contributed by atoms with Crippen LogP contribution < -0.4 is 21.9 Å². The Morgan fingerprint density at radius 3 is 1.04 bits per heavy atom. The van der Waals surface area contributed by atoms with Crippen LogP contribution in [0.3, 0.4) is 0 Å². The smallest absolute Gasteiger partial charge is 0.200 e. The standard InChI is InChI=1S/C24H15BF5.C19H34N/c26-20-19(21(27)23(29)24(30)22(20)28)25(16-10-4-1-5-11-16,17-12-6-2-7-13-17)18-14-8-3-9-15-18;1-4-7-15-20(16-8-5-2,17-9-6-3)18-19-13-11-10-12-14-19/h1-15H;10-14H,4-9,15-18H2,1-3H3/q-1;+1. The Labute approximate surface area is 295 Å². The van der Waals surface area contributed by atoms with Gasteiger partial charge in [-0.05, 0) is 19.3 Å². The maximum atomic E-state index is 15.2. The van der Waals surface area contributed by atoms with Crippen molar-refractivity contribution in [2.24, 2.45) is 0 Å². The zero-order chi connectivity index (χ0) is 36.0. The second-order valence-corrected chi connectivity index (χ2v) is 13.3. The molecule has 0 aliphatic heterocycles. The molecule has 0 aromatic heterocycles.